The number of sulfonamides is 1. The van der Waals surface area contributed by atoms with Crippen LogP contribution in [0.2, 0.25) is 0 Å². The van der Waals surface area contributed by atoms with Gasteiger partial charge in [0.15, 0.2) is 0 Å². The second kappa shape index (κ2) is 7.28. The fraction of sp³-hybridized carbons (Fsp3) is 0.583. The third-order valence-electron chi connectivity index (χ3n) is 7.65. The van der Waals surface area contributed by atoms with E-state index >= 15 is 0 Å². The average molecular weight is 414 g/mol. The van der Waals surface area contributed by atoms with Gasteiger partial charge < -0.3 is 4.74 Å². The molecule has 1 N–H and O–H groups in total. The number of rotatable bonds is 6. The fourth-order valence-electron chi connectivity index (χ4n) is 6.93. The second-order valence-corrected chi connectivity index (χ2v) is 11.1. The van der Waals surface area contributed by atoms with Crippen LogP contribution in [0.15, 0.2) is 41.3 Å². The van der Waals surface area contributed by atoms with Crippen molar-refractivity contribution in [1.82, 2.24) is 4.72 Å². The van der Waals surface area contributed by atoms with Gasteiger partial charge in [0, 0.05) is 16.8 Å². The Kier molecular flexibility index (Phi) is 4.86. The first-order chi connectivity index (χ1) is 14.0. The summed E-state index contributed by atoms with van der Waals surface area (Å²) in [5.41, 5.74) is 0. The van der Waals surface area contributed by atoms with Gasteiger partial charge in [-0.15, -0.1) is 0 Å². The zero-order valence-corrected chi connectivity index (χ0v) is 18.1. The highest BCUT2D eigenvalue weighted by Gasteiger charge is 2.50. The number of benzene rings is 2. The minimum absolute atomic E-state index is 0.0275. The van der Waals surface area contributed by atoms with Crippen LogP contribution in [0.4, 0.5) is 0 Å². The molecule has 4 bridgehead atoms. The quantitative estimate of drug-likeness (QED) is 0.727. The van der Waals surface area contributed by atoms with Gasteiger partial charge in [0.05, 0.1) is 11.5 Å². The fourth-order valence-corrected chi connectivity index (χ4v) is 8.42. The second-order valence-electron chi connectivity index (χ2n) is 9.46. The molecule has 0 radical (unpaired) electrons. The molecule has 4 saturated carbocycles. The van der Waals surface area contributed by atoms with Crippen LogP contribution in [0.25, 0.3) is 10.8 Å². The Hall–Kier alpha value is -1.59. The number of nitrogens with one attached hydrogen (secondary N) is 1. The standard InChI is InChI=1S/C24H31NO3S/c1-3-28-22-8-9-23(21-7-5-4-6-20(21)22)29(26,27)25-15(2)24-18-11-16-10-17(13-18)14-19(24)12-16/h4-9,15-19,24-25H,3,10-14H2,1-2H3. The maximum Gasteiger partial charge on any atom is 0.241 e. The molecule has 1 unspecified atom stereocenters. The van der Waals surface area contributed by atoms with Gasteiger partial charge in [-0.1, -0.05) is 24.3 Å². The van der Waals surface area contributed by atoms with E-state index in [1.165, 1.54) is 32.1 Å². The summed E-state index contributed by atoms with van der Waals surface area (Å²) in [5, 5.41) is 1.57. The van der Waals surface area contributed by atoms with Gasteiger partial charge in [-0.25, -0.2) is 13.1 Å². The normalized spacial score (nSPS) is 31.9. The number of fused-ring (bicyclic) bond motifs is 1. The smallest absolute Gasteiger partial charge is 0.241 e. The third kappa shape index (κ3) is 3.36. The molecular weight excluding hydrogens is 382 g/mol. The minimum atomic E-state index is -3.61. The summed E-state index contributed by atoms with van der Waals surface area (Å²) in [6, 6.07) is 11.1. The van der Waals surface area contributed by atoms with E-state index in [4.69, 9.17) is 4.74 Å². The van der Waals surface area contributed by atoms with Crippen LogP contribution >= 0.6 is 0 Å². The average Bonchev–Trinajstić information content (AvgIpc) is 2.67. The van der Waals surface area contributed by atoms with E-state index in [0.717, 1.165) is 28.4 Å². The van der Waals surface area contributed by atoms with Crippen LogP contribution in [0.5, 0.6) is 5.75 Å². The van der Waals surface area contributed by atoms with Crippen molar-refractivity contribution in [3.8, 4) is 5.75 Å². The first kappa shape index (κ1) is 19.4. The topological polar surface area (TPSA) is 55.4 Å². The van der Waals surface area contributed by atoms with Crippen molar-refractivity contribution >= 4 is 20.8 Å². The molecule has 156 valence electrons. The Morgan fingerprint density at radius 1 is 0.966 bits per heavy atom. The van der Waals surface area contributed by atoms with Gasteiger partial charge >= 0.3 is 0 Å². The predicted octanol–water partition coefficient (Wildman–Crippen LogP) is 4.98. The molecule has 4 aliphatic carbocycles. The molecule has 1 atom stereocenters. The van der Waals surface area contributed by atoms with Crippen molar-refractivity contribution in [2.24, 2.45) is 29.6 Å². The zero-order chi connectivity index (χ0) is 20.2. The van der Waals surface area contributed by atoms with Crippen LogP contribution < -0.4 is 9.46 Å². The van der Waals surface area contributed by atoms with E-state index in [2.05, 4.69) is 11.6 Å². The van der Waals surface area contributed by atoms with Gasteiger partial charge in [0.1, 0.15) is 5.75 Å². The molecular formula is C24H31NO3S. The van der Waals surface area contributed by atoms with Gasteiger partial charge in [-0.2, -0.15) is 0 Å². The molecule has 29 heavy (non-hydrogen) atoms. The van der Waals surface area contributed by atoms with Crippen LogP contribution in [0.3, 0.4) is 0 Å². The Bertz CT molecular complexity index is 988. The molecule has 0 aromatic heterocycles. The lowest BCUT2D eigenvalue weighted by Gasteiger charge is -2.56. The van der Waals surface area contributed by atoms with Gasteiger partial charge in [0.25, 0.3) is 0 Å². The van der Waals surface area contributed by atoms with Crippen molar-refractivity contribution in [2.75, 3.05) is 6.61 Å². The van der Waals surface area contributed by atoms with E-state index in [0.29, 0.717) is 29.3 Å². The lowest BCUT2D eigenvalue weighted by atomic mass is 9.51. The molecule has 4 fully saturated rings. The Morgan fingerprint density at radius 3 is 2.21 bits per heavy atom. The Morgan fingerprint density at radius 2 is 1.59 bits per heavy atom. The lowest BCUT2D eigenvalue weighted by Crippen LogP contribution is -2.52. The Labute approximate surface area is 174 Å². The van der Waals surface area contributed by atoms with E-state index in [1.54, 1.807) is 12.1 Å². The number of hydrogen-bond donors (Lipinski definition) is 1. The van der Waals surface area contributed by atoms with Crippen LogP contribution in [0, 0.1) is 29.6 Å². The van der Waals surface area contributed by atoms with Crippen LogP contribution in [-0.2, 0) is 10.0 Å². The van der Waals surface area contributed by atoms with Gasteiger partial charge in [-0.05, 0) is 87.7 Å². The van der Waals surface area contributed by atoms with E-state index in [-0.39, 0.29) is 6.04 Å². The molecule has 5 heteroatoms. The van der Waals surface area contributed by atoms with E-state index < -0.39 is 10.0 Å². The zero-order valence-electron chi connectivity index (χ0n) is 17.3. The summed E-state index contributed by atoms with van der Waals surface area (Å²) in [7, 11) is -3.61. The van der Waals surface area contributed by atoms with Crippen LogP contribution in [-0.4, -0.2) is 21.1 Å². The number of ether oxygens (including phenoxy) is 1. The highest BCUT2D eigenvalue weighted by atomic mass is 32.2. The molecule has 0 amide bonds. The summed E-state index contributed by atoms with van der Waals surface area (Å²) < 4.78 is 35.6. The highest BCUT2D eigenvalue weighted by Crippen LogP contribution is 2.57. The first-order valence-electron chi connectivity index (χ1n) is 11.1. The van der Waals surface area contributed by atoms with E-state index in [1.807, 2.05) is 31.2 Å². The lowest BCUT2D eigenvalue weighted by molar-refractivity contribution is -0.0463. The third-order valence-corrected chi connectivity index (χ3v) is 9.27. The maximum atomic E-state index is 13.4. The highest BCUT2D eigenvalue weighted by molar-refractivity contribution is 7.89. The minimum Gasteiger partial charge on any atom is -0.493 e. The molecule has 0 heterocycles. The molecule has 4 nitrogen and oxygen atoms in total. The van der Waals surface area contributed by atoms with Crippen molar-refractivity contribution in [1.29, 1.82) is 0 Å². The van der Waals surface area contributed by atoms with Crippen molar-refractivity contribution in [2.45, 2.75) is 56.9 Å². The summed E-state index contributed by atoms with van der Waals surface area (Å²) in [6.45, 7) is 4.58. The summed E-state index contributed by atoms with van der Waals surface area (Å²) in [6.07, 6.45) is 6.62. The van der Waals surface area contributed by atoms with Crippen LogP contribution in [0.1, 0.15) is 46.0 Å². The molecule has 6 rings (SSSR count). The summed E-state index contributed by atoms with van der Waals surface area (Å²) in [4.78, 5) is 0.354. The van der Waals surface area contributed by atoms with E-state index in [9.17, 15) is 8.42 Å². The van der Waals surface area contributed by atoms with Gasteiger partial charge in [0.2, 0.25) is 10.0 Å². The maximum absolute atomic E-state index is 13.4. The summed E-state index contributed by atoms with van der Waals surface area (Å²) >= 11 is 0. The Balaban J connectivity index is 1.44. The summed E-state index contributed by atoms with van der Waals surface area (Å²) in [5.74, 6) is 4.39. The SMILES string of the molecule is CCOc1ccc(S(=O)(=O)NC(C)C2C3CC4CC(C3)CC2C4)c2ccccc12. The molecule has 4 aliphatic rings. The monoisotopic (exact) mass is 413 g/mol. The molecule has 2 aromatic carbocycles. The first-order valence-corrected chi connectivity index (χ1v) is 12.6. The molecule has 0 aliphatic heterocycles. The predicted molar refractivity (Wildman–Crippen MR) is 115 cm³/mol. The molecule has 2 aromatic rings. The van der Waals surface area contributed by atoms with Gasteiger partial charge in [-0.3, -0.25) is 0 Å². The number of hydrogen-bond acceptors (Lipinski definition) is 3. The molecule has 0 spiro atoms. The van der Waals surface area contributed by atoms with Crippen molar-refractivity contribution < 1.29 is 13.2 Å². The largest absolute Gasteiger partial charge is 0.493 e. The van der Waals surface area contributed by atoms with Crippen molar-refractivity contribution in [3.63, 3.8) is 0 Å². The van der Waals surface area contributed by atoms with Crippen molar-refractivity contribution in [3.05, 3.63) is 36.4 Å². The molecule has 0 saturated heterocycles.